The van der Waals surface area contributed by atoms with Gasteiger partial charge >= 0.3 is 0 Å². The maximum Gasteiger partial charge on any atom is 0.118 e. The lowest BCUT2D eigenvalue weighted by atomic mass is 10.0. The van der Waals surface area contributed by atoms with Crippen LogP contribution in [-0.4, -0.2) is 25.7 Å². The average molecular weight is 225 g/mol. The molecule has 0 aliphatic carbocycles. The summed E-state index contributed by atoms with van der Waals surface area (Å²) in [6.45, 7) is 2.23. The minimum Gasteiger partial charge on any atom is -0.497 e. The normalized spacial score (nSPS) is 14.7. The van der Waals surface area contributed by atoms with Crippen LogP contribution in [0.4, 0.5) is 0 Å². The Morgan fingerprint density at radius 1 is 1.27 bits per heavy atom. The Kier molecular flexibility index (Phi) is 4.99. The predicted octanol–water partition coefficient (Wildman–Crippen LogP) is 2.71. The zero-order valence-corrected chi connectivity index (χ0v) is 10.6. The SMILES string of the molecule is CNC(c1ccc(OC)cc1)C(C)SC. The van der Waals surface area contributed by atoms with Gasteiger partial charge in [-0.05, 0) is 31.0 Å². The summed E-state index contributed by atoms with van der Waals surface area (Å²) in [4.78, 5) is 0. The van der Waals surface area contributed by atoms with Crippen molar-refractivity contribution >= 4 is 11.8 Å². The third-order valence-electron chi connectivity index (χ3n) is 2.63. The van der Waals surface area contributed by atoms with Crippen molar-refractivity contribution in [3.8, 4) is 5.75 Å². The maximum atomic E-state index is 5.14. The minimum absolute atomic E-state index is 0.394. The lowest BCUT2D eigenvalue weighted by Gasteiger charge is -2.22. The average Bonchev–Trinajstić information content (AvgIpc) is 2.30. The summed E-state index contributed by atoms with van der Waals surface area (Å²) in [6, 6.07) is 8.64. The molecule has 15 heavy (non-hydrogen) atoms. The zero-order valence-electron chi connectivity index (χ0n) is 9.78. The summed E-state index contributed by atoms with van der Waals surface area (Å²) >= 11 is 1.87. The molecule has 0 aliphatic rings. The summed E-state index contributed by atoms with van der Waals surface area (Å²) in [5.41, 5.74) is 1.31. The van der Waals surface area contributed by atoms with Crippen LogP contribution in [0.3, 0.4) is 0 Å². The van der Waals surface area contributed by atoms with E-state index in [0.717, 1.165) is 5.75 Å². The summed E-state index contributed by atoms with van der Waals surface area (Å²) < 4.78 is 5.14. The second-order valence-electron chi connectivity index (χ2n) is 3.48. The third-order valence-corrected chi connectivity index (χ3v) is 3.64. The van der Waals surface area contributed by atoms with E-state index in [0.29, 0.717) is 11.3 Å². The summed E-state index contributed by atoms with van der Waals surface area (Å²) in [7, 11) is 3.69. The third kappa shape index (κ3) is 3.14. The summed E-state index contributed by atoms with van der Waals surface area (Å²) in [6.07, 6.45) is 2.14. The molecule has 3 heteroatoms. The van der Waals surface area contributed by atoms with Crippen LogP contribution in [0.5, 0.6) is 5.75 Å². The molecule has 1 N–H and O–H groups in total. The Morgan fingerprint density at radius 3 is 2.27 bits per heavy atom. The zero-order chi connectivity index (χ0) is 11.3. The van der Waals surface area contributed by atoms with Gasteiger partial charge in [-0.25, -0.2) is 0 Å². The number of rotatable bonds is 5. The number of thioether (sulfide) groups is 1. The highest BCUT2D eigenvalue weighted by atomic mass is 32.2. The standard InChI is InChI=1S/C12H19NOS/c1-9(15-4)12(13-2)10-5-7-11(14-3)8-6-10/h5-9,12-13H,1-4H3. The molecule has 0 radical (unpaired) electrons. The van der Waals surface area contributed by atoms with Gasteiger partial charge in [0.05, 0.1) is 7.11 Å². The van der Waals surface area contributed by atoms with Crippen LogP contribution in [0.2, 0.25) is 0 Å². The van der Waals surface area contributed by atoms with Crippen molar-refractivity contribution in [1.29, 1.82) is 0 Å². The van der Waals surface area contributed by atoms with E-state index in [-0.39, 0.29) is 0 Å². The number of hydrogen-bond acceptors (Lipinski definition) is 3. The van der Waals surface area contributed by atoms with Gasteiger partial charge in [-0.3, -0.25) is 0 Å². The molecule has 84 valence electrons. The van der Waals surface area contributed by atoms with Crippen molar-refractivity contribution in [1.82, 2.24) is 5.32 Å². The summed E-state index contributed by atoms with van der Waals surface area (Å²) in [5.74, 6) is 0.908. The fourth-order valence-corrected chi connectivity index (χ4v) is 2.19. The lowest BCUT2D eigenvalue weighted by Crippen LogP contribution is -2.24. The van der Waals surface area contributed by atoms with Gasteiger partial charge in [0.2, 0.25) is 0 Å². The van der Waals surface area contributed by atoms with E-state index >= 15 is 0 Å². The fraction of sp³-hybridized carbons (Fsp3) is 0.500. The van der Waals surface area contributed by atoms with Gasteiger partial charge in [-0.2, -0.15) is 11.8 Å². The van der Waals surface area contributed by atoms with Gasteiger partial charge in [-0.15, -0.1) is 0 Å². The summed E-state index contributed by atoms with van der Waals surface area (Å²) in [5, 5.41) is 3.90. The van der Waals surface area contributed by atoms with Gasteiger partial charge < -0.3 is 10.1 Å². The van der Waals surface area contributed by atoms with Crippen LogP contribution in [-0.2, 0) is 0 Å². The molecule has 0 fully saturated rings. The van der Waals surface area contributed by atoms with E-state index in [9.17, 15) is 0 Å². The van der Waals surface area contributed by atoms with Gasteiger partial charge in [0.25, 0.3) is 0 Å². The minimum atomic E-state index is 0.394. The van der Waals surface area contributed by atoms with Gasteiger partial charge in [0.15, 0.2) is 0 Å². The van der Waals surface area contributed by atoms with E-state index in [2.05, 4.69) is 30.6 Å². The van der Waals surface area contributed by atoms with Crippen molar-refractivity contribution < 1.29 is 4.74 Å². The molecule has 1 rings (SSSR count). The lowest BCUT2D eigenvalue weighted by molar-refractivity contribution is 0.414. The second-order valence-corrected chi connectivity index (χ2v) is 4.70. The largest absolute Gasteiger partial charge is 0.497 e. The molecule has 2 unspecified atom stereocenters. The van der Waals surface area contributed by atoms with E-state index in [1.165, 1.54) is 5.56 Å². The molecule has 1 aromatic carbocycles. The van der Waals surface area contributed by atoms with Gasteiger partial charge in [0.1, 0.15) is 5.75 Å². The Hall–Kier alpha value is -0.670. The van der Waals surface area contributed by atoms with Crippen molar-refractivity contribution in [2.45, 2.75) is 18.2 Å². The number of benzene rings is 1. The van der Waals surface area contributed by atoms with Crippen molar-refractivity contribution in [3.63, 3.8) is 0 Å². The molecule has 0 spiro atoms. The Labute approximate surface area is 96.4 Å². The molecule has 0 saturated heterocycles. The molecule has 0 heterocycles. The molecule has 2 atom stereocenters. The first-order valence-corrected chi connectivity index (χ1v) is 6.35. The van der Waals surface area contributed by atoms with Crippen molar-refractivity contribution in [3.05, 3.63) is 29.8 Å². The molecule has 0 aromatic heterocycles. The highest BCUT2D eigenvalue weighted by molar-refractivity contribution is 7.99. The van der Waals surface area contributed by atoms with Gasteiger partial charge in [-0.1, -0.05) is 19.1 Å². The quantitative estimate of drug-likeness (QED) is 0.832. The van der Waals surface area contributed by atoms with Crippen molar-refractivity contribution in [2.75, 3.05) is 20.4 Å². The van der Waals surface area contributed by atoms with Crippen LogP contribution >= 0.6 is 11.8 Å². The Bertz CT molecular complexity index is 286. The van der Waals surface area contributed by atoms with E-state index in [4.69, 9.17) is 4.74 Å². The smallest absolute Gasteiger partial charge is 0.118 e. The first-order chi connectivity index (χ1) is 7.22. The van der Waals surface area contributed by atoms with E-state index in [1.807, 2.05) is 30.9 Å². The molecule has 2 nitrogen and oxygen atoms in total. The topological polar surface area (TPSA) is 21.3 Å². The second kappa shape index (κ2) is 6.03. The number of methoxy groups -OCH3 is 1. The molecule has 0 aliphatic heterocycles. The van der Waals surface area contributed by atoms with Crippen LogP contribution < -0.4 is 10.1 Å². The number of hydrogen-bond donors (Lipinski definition) is 1. The fourth-order valence-electron chi connectivity index (χ4n) is 1.62. The number of ether oxygens (including phenoxy) is 1. The molecule has 0 amide bonds. The van der Waals surface area contributed by atoms with E-state index in [1.54, 1.807) is 7.11 Å². The van der Waals surface area contributed by atoms with Crippen LogP contribution in [0.1, 0.15) is 18.5 Å². The van der Waals surface area contributed by atoms with Crippen LogP contribution in [0.25, 0.3) is 0 Å². The predicted molar refractivity (Wildman–Crippen MR) is 67.8 cm³/mol. The van der Waals surface area contributed by atoms with Crippen LogP contribution in [0.15, 0.2) is 24.3 Å². The molecule has 1 aromatic rings. The maximum absolute atomic E-state index is 5.14. The Morgan fingerprint density at radius 2 is 1.87 bits per heavy atom. The highest BCUT2D eigenvalue weighted by Crippen LogP contribution is 2.25. The van der Waals surface area contributed by atoms with Gasteiger partial charge in [0, 0.05) is 11.3 Å². The highest BCUT2D eigenvalue weighted by Gasteiger charge is 2.15. The first-order valence-electron chi connectivity index (χ1n) is 5.07. The number of nitrogens with one attached hydrogen (secondary N) is 1. The molecular weight excluding hydrogens is 206 g/mol. The Balaban J connectivity index is 2.83. The molecule has 0 bridgehead atoms. The first kappa shape index (κ1) is 12.4. The van der Waals surface area contributed by atoms with Crippen molar-refractivity contribution in [2.24, 2.45) is 0 Å². The molecule has 0 saturated carbocycles. The van der Waals surface area contributed by atoms with E-state index < -0.39 is 0 Å². The van der Waals surface area contributed by atoms with Crippen LogP contribution in [0, 0.1) is 0 Å². The monoisotopic (exact) mass is 225 g/mol. The molecular formula is C12H19NOS.